The van der Waals surface area contributed by atoms with E-state index in [1.54, 1.807) is 20.2 Å². The molecule has 0 unspecified atom stereocenters. The maximum Gasteiger partial charge on any atom is 0.260 e. The minimum atomic E-state index is -0.188. The topological polar surface area (TPSA) is 59.0 Å². The number of nitrogens with zero attached hydrogens (tertiary/aromatic N) is 1. The number of methoxy groups -OCH3 is 1. The number of carbonyl (C=O) groups is 1. The summed E-state index contributed by atoms with van der Waals surface area (Å²) in [4.78, 5) is 13.0. The maximum absolute atomic E-state index is 11.6. The first kappa shape index (κ1) is 14.3. The fourth-order valence-electron chi connectivity index (χ4n) is 1.42. The summed E-state index contributed by atoms with van der Waals surface area (Å²) in [6.07, 6.45) is 0. The second kappa shape index (κ2) is 6.86. The first-order valence-corrected chi connectivity index (χ1v) is 5.70. The average molecular weight is 253 g/mol. The lowest BCUT2D eigenvalue weighted by atomic mass is 10.2. The van der Waals surface area contributed by atoms with Crippen LogP contribution < -0.4 is 9.47 Å². The molecule has 0 aliphatic heterocycles. The zero-order chi connectivity index (χ0) is 13.5. The summed E-state index contributed by atoms with van der Waals surface area (Å²) in [5.41, 5.74) is 1.06. The van der Waals surface area contributed by atoms with Crippen molar-refractivity contribution in [1.29, 1.82) is 0 Å². The molecule has 0 aromatic heterocycles. The van der Waals surface area contributed by atoms with Crippen LogP contribution in [0.4, 0.5) is 0 Å². The van der Waals surface area contributed by atoms with Gasteiger partial charge in [-0.3, -0.25) is 4.79 Å². The van der Waals surface area contributed by atoms with Crippen LogP contribution in [-0.4, -0.2) is 49.8 Å². The van der Waals surface area contributed by atoms with Crippen LogP contribution in [0.5, 0.6) is 11.5 Å². The van der Waals surface area contributed by atoms with E-state index in [2.05, 4.69) is 0 Å². The van der Waals surface area contributed by atoms with Crippen LogP contribution in [0.1, 0.15) is 5.56 Å². The van der Waals surface area contributed by atoms with Gasteiger partial charge in [0.25, 0.3) is 5.91 Å². The highest BCUT2D eigenvalue weighted by atomic mass is 16.5. The quantitative estimate of drug-likeness (QED) is 0.816. The molecule has 0 radical (unpaired) electrons. The molecule has 0 aliphatic carbocycles. The van der Waals surface area contributed by atoms with Crippen molar-refractivity contribution in [2.75, 3.05) is 33.9 Å². The summed E-state index contributed by atoms with van der Waals surface area (Å²) in [6, 6.07) is 5.50. The summed E-state index contributed by atoms with van der Waals surface area (Å²) < 4.78 is 10.6. The van der Waals surface area contributed by atoms with Crippen LogP contribution in [0, 0.1) is 6.92 Å². The zero-order valence-electron chi connectivity index (χ0n) is 11.0. The molecule has 1 rings (SSSR count). The van der Waals surface area contributed by atoms with Crippen molar-refractivity contribution < 1.29 is 19.4 Å². The molecule has 1 aromatic carbocycles. The number of aryl methyl sites for hydroxylation is 1. The van der Waals surface area contributed by atoms with Gasteiger partial charge in [-0.25, -0.2) is 0 Å². The van der Waals surface area contributed by atoms with Crippen molar-refractivity contribution in [3.8, 4) is 11.5 Å². The van der Waals surface area contributed by atoms with E-state index in [0.717, 1.165) is 5.56 Å². The Labute approximate surface area is 107 Å². The summed E-state index contributed by atoms with van der Waals surface area (Å²) in [5, 5.41) is 8.73. The van der Waals surface area contributed by atoms with E-state index < -0.39 is 0 Å². The van der Waals surface area contributed by atoms with E-state index in [9.17, 15) is 4.79 Å². The molecular weight excluding hydrogens is 234 g/mol. The van der Waals surface area contributed by atoms with Crippen LogP contribution in [0.3, 0.4) is 0 Å². The van der Waals surface area contributed by atoms with Crippen LogP contribution in [-0.2, 0) is 4.79 Å². The lowest BCUT2D eigenvalue weighted by molar-refractivity contribution is -0.132. The van der Waals surface area contributed by atoms with Crippen molar-refractivity contribution in [2.24, 2.45) is 0 Å². The Morgan fingerprint density at radius 1 is 1.39 bits per heavy atom. The van der Waals surface area contributed by atoms with E-state index in [1.807, 2.05) is 19.1 Å². The van der Waals surface area contributed by atoms with Crippen LogP contribution in [0.25, 0.3) is 0 Å². The average Bonchev–Trinajstić information content (AvgIpc) is 2.37. The molecule has 0 spiro atoms. The highest BCUT2D eigenvalue weighted by Gasteiger charge is 2.11. The monoisotopic (exact) mass is 253 g/mol. The molecule has 18 heavy (non-hydrogen) atoms. The Bertz CT molecular complexity index is 406. The Morgan fingerprint density at radius 3 is 2.72 bits per heavy atom. The first-order chi connectivity index (χ1) is 8.58. The summed E-state index contributed by atoms with van der Waals surface area (Å²) in [7, 11) is 3.18. The molecule has 0 heterocycles. The van der Waals surface area contributed by atoms with Gasteiger partial charge in [0.1, 0.15) is 0 Å². The zero-order valence-corrected chi connectivity index (χ0v) is 11.0. The third-order valence-corrected chi connectivity index (χ3v) is 2.53. The van der Waals surface area contributed by atoms with Gasteiger partial charge in [0.2, 0.25) is 0 Å². The predicted octanol–water partition coefficient (Wildman–Crippen LogP) is 0.833. The van der Waals surface area contributed by atoms with Crippen LogP contribution >= 0.6 is 0 Å². The Morgan fingerprint density at radius 2 is 2.11 bits per heavy atom. The highest BCUT2D eigenvalue weighted by molar-refractivity contribution is 5.77. The van der Waals surface area contributed by atoms with Gasteiger partial charge in [-0.05, 0) is 24.6 Å². The van der Waals surface area contributed by atoms with Crippen molar-refractivity contribution in [3.63, 3.8) is 0 Å². The van der Waals surface area contributed by atoms with E-state index in [1.165, 1.54) is 4.90 Å². The fraction of sp³-hybridized carbons (Fsp3) is 0.462. The maximum atomic E-state index is 11.6. The lowest BCUT2D eigenvalue weighted by Crippen LogP contribution is -2.33. The molecule has 0 saturated carbocycles. The number of likely N-dealkylation sites (N-methyl/N-ethyl adjacent to an activating group) is 1. The largest absolute Gasteiger partial charge is 0.493 e. The van der Waals surface area contributed by atoms with Gasteiger partial charge >= 0.3 is 0 Å². The Kier molecular flexibility index (Phi) is 5.45. The second-order valence-electron chi connectivity index (χ2n) is 3.98. The first-order valence-electron chi connectivity index (χ1n) is 5.70. The molecular formula is C13H19NO4. The molecule has 0 bridgehead atoms. The van der Waals surface area contributed by atoms with Crippen molar-refractivity contribution in [1.82, 2.24) is 4.90 Å². The summed E-state index contributed by atoms with van der Waals surface area (Å²) in [6.45, 7) is 2.12. The van der Waals surface area contributed by atoms with E-state index in [-0.39, 0.29) is 19.1 Å². The molecule has 0 aliphatic rings. The van der Waals surface area contributed by atoms with Gasteiger partial charge in [0.05, 0.1) is 13.7 Å². The lowest BCUT2D eigenvalue weighted by Gasteiger charge is -2.17. The number of carbonyl (C=O) groups excluding carboxylic acids is 1. The van der Waals surface area contributed by atoms with Gasteiger partial charge in [-0.1, -0.05) is 6.07 Å². The standard InChI is InChI=1S/C13H19NO4/c1-10-4-5-11(12(8-10)17-3)18-9-13(16)14(2)6-7-15/h4-5,8,15H,6-7,9H2,1-3H3. The smallest absolute Gasteiger partial charge is 0.260 e. The number of benzene rings is 1. The van der Waals surface area contributed by atoms with Gasteiger partial charge in [-0.15, -0.1) is 0 Å². The van der Waals surface area contributed by atoms with Crippen LogP contribution in [0.2, 0.25) is 0 Å². The Hall–Kier alpha value is -1.75. The van der Waals surface area contributed by atoms with E-state index in [0.29, 0.717) is 18.0 Å². The molecule has 5 heteroatoms. The minimum absolute atomic E-state index is 0.0594. The molecule has 0 atom stereocenters. The van der Waals surface area contributed by atoms with Gasteiger partial charge < -0.3 is 19.5 Å². The molecule has 0 fully saturated rings. The number of hydrogen-bond acceptors (Lipinski definition) is 4. The summed E-state index contributed by atoms with van der Waals surface area (Å²) in [5.74, 6) is 0.952. The van der Waals surface area contributed by atoms with Crippen molar-refractivity contribution >= 4 is 5.91 Å². The molecule has 100 valence electrons. The highest BCUT2D eigenvalue weighted by Crippen LogP contribution is 2.27. The SMILES string of the molecule is COc1cc(C)ccc1OCC(=O)N(C)CCO. The third-order valence-electron chi connectivity index (χ3n) is 2.53. The number of hydrogen-bond donors (Lipinski definition) is 1. The third kappa shape index (κ3) is 3.92. The second-order valence-corrected chi connectivity index (χ2v) is 3.98. The molecule has 0 saturated heterocycles. The van der Waals surface area contributed by atoms with E-state index in [4.69, 9.17) is 14.6 Å². The summed E-state index contributed by atoms with van der Waals surface area (Å²) >= 11 is 0. The number of amides is 1. The van der Waals surface area contributed by atoms with Crippen LogP contribution in [0.15, 0.2) is 18.2 Å². The van der Waals surface area contributed by atoms with Gasteiger partial charge in [0.15, 0.2) is 18.1 Å². The number of ether oxygens (including phenoxy) is 2. The Balaban J connectivity index is 2.60. The van der Waals surface area contributed by atoms with Gasteiger partial charge in [0, 0.05) is 13.6 Å². The molecule has 5 nitrogen and oxygen atoms in total. The molecule has 1 aromatic rings. The normalized spacial score (nSPS) is 10.0. The predicted molar refractivity (Wildman–Crippen MR) is 67.9 cm³/mol. The van der Waals surface area contributed by atoms with Crippen molar-refractivity contribution in [3.05, 3.63) is 23.8 Å². The number of aliphatic hydroxyl groups excluding tert-OH is 1. The number of rotatable bonds is 6. The minimum Gasteiger partial charge on any atom is -0.493 e. The fourth-order valence-corrected chi connectivity index (χ4v) is 1.42. The van der Waals surface area contributed by atoms with E-state index >= 15 is 0 Å². The molecule has 1 N–H and O–H groups in total. The number of aliphatic hydroxyl groups is 1. The molecule has 1 amide bonds. The van der Waals surface area contributed by atoms with Crippen molar-refractivity contribution in [2.45, 2.75) is 6.92 Å². The van der Waals surface area contributed by atoms with Gasteiger partial charge in [-0.2, -0.15) is 0 Å².